The largest absolute Gasteiger partial charge is 0.385 e. The Hall–Kier alpha value is -4.17. The normalized spacial score (nSPS) is 10.9. The van der Waals surface area contributed by atoms with Gasteiger partial charge in [0.15, 0.2) is 0 Å². The summed E-state index contributed by atoms with van der Waals surface area (Å²) in [6, 6.07) is 17.5. The Morgan fingerprint density at radius 2 is 1.91 bits per heavy atom. The molecule has 1 amide bonds. The van der Waals surface area contributed by atoms with Crippen molar-refractivity contribution in [3.63, 3.8) is 0 Å². The Morgan fingerprint density at radius 1 is 1.09 bits per heavy atom. The van der Waals surface area contributed by atoms with Crippen molar-refractivity contribution in [1.82, 2.24) is 15.3 Å². The lowest BCUT2D eigenvalue weighted by atomic mass is 10.0. The summed E-state index contributed by atoms with van der Waals surface area (Å²) >= 11 is 0. The van der Waals surface area contributed by atoms with E-state index in [9.17, 15) is 4.79 Å². The second-order valence-electron chi connectivity index (χ2n) is 8.28. The third-order valence-electron chi connectivity index (χ3n) is 5.81. The number of anilines is 1. The number of benzene rings is 2. The van der Waals surface area contributed by atoms with E-state index in [2.05, 4.69) is 20.6 Å². The Labute approximate surface area is 204 Å². The second-order valence-corrected chi connectivity index (χ2v) is 8.28. The van der Waals surface area contributed by atoms with Crippen LogP contribution in [0.4, 0.5) is 5.82 Å². The van der Waals surface area contributed by atoms with Crippen molar-refractivity contribution in [2.45, 2.75) is 12.8 Å². The number of nitrogens with two attached hydrogens (primary N) is 1. The zero-order chi connectivity index (χ0) is 24.6. The first-order valence-electron chi connectivity index (χ1n) is 11.6. The zero-order valence-corrected chi connectivity index (χ0v) is 19.7. The Kier molecular flexibility index (Phi) is 7.74. The monoisotopic (exact) mass is 470 g/mol. The van der Waals surface area contributed by atoms with E-state index < -0.39 is 0 Å². The van der Waals surface area contributed by atoms with Gasteiger partial charge in [-0.15, -0.1) is 0 Å². The van der Waals surface area contributed by atoms with Gasteiger partial charge in [0.05, 0.1) is 0 Å². The molecule has 0 bridgehead atoms. The van der Waals surface area contributed by atoms with Crippen molar-refractivity contribution in [2.24, 2.45) is 5.73 Å². The van der Waals surface area contributed by atoms with Gasteiger partial charge in [0, 0.05) is 61.2 Å². The summed E-state index contributed by atoms with van der Waals surface area (Å²) in [5.74, 6) is 0.735. The third-order valence-corrected chi connectivity index (χ3v) is 5.81. The van der Waals surface area contributed by atoms with Crippen LogP contribution in [0.5, 0.6) is 0 Å². The Bertz CT molecular complexity index is 1310. The smallest absolute Gasteiger partial charge is 0.251 e. The molecular formula is C27H30N6O2. The molecule has 8 nitrogen and oxygen atoms in total. The first kappa shape index (κ1) is 24.0. The summed E-state index contributed by atoms with van der Waals surface area (Å²) < 4.78 is 5.07. The number of ether oxygens (including phenoxy) is 1. The quantitative estimate of drug-likeness (QED) is 0.129. The SMILES string of the molecule is COCCCNc1cc(-c2ccc(C(=O)NCCc3ccc4[nH]cc(C(=N)N)c4c3)cc2)ccn1. The maximum Gasteiger partial charge on any atom is 0.251 e. The Morgan fingerprint density at radius 3 is 2.69 bits per heavy atom. The van der Waals surface area contributed by atoms with Gasteiger partial charge in [-0.2, -0.15) is 0 Å². The van der Waals surface area contributed by atoms with Crippen LogP contribution in [0.3, 0.4) is 0 Å². The number of nitrogen functional groups attached to an aromatic ring is 1. The van der Waals surface area contributed by atoms with Gasteiger partial charge in [-0.3, -0.25) is 10.2 Å². The summed E-state index contributed by atoms with van der Waals surface area (Å²) in [6.45, 7) is 2.01. The van der Waals surface area contributed by atoms with Gasteiger partial charge >= 0.3 is 0 Å². The summed E-state index contributed by atoms with van der Waals surface area (Å²) in [6.07, 6.45) is 5.11. The Balaban J connectivity index is 1.33. The van der Waals surface area contributed by atoms with Gasteiger partial charge in [0.2, 0.25) is 0 Å². The fraction of sp³-hybridized carbons (Fsp3) is 0.222. The molecule has 0 spiro atoms. The first-order valence-corrected chi connectivity index (χ1v) is 11.6. The summed E-state index contributed by atoms with van der Waals surface area (Å²) in [5, 5.41) is 14.9. The van der Waals surface area contributed by atoms with Crippen LogP contribution < -0.4 is 16.4 Å². The van der Waals surface area contributed by atoms with E-state index in [0.717, 1.165) is 46.4 Å². The minimum absolute atomic E-state index is 0.0338. The number of fused-ring (bicyclic) bond motifs is 1. The number of pyridine rings is 1. The number of nitrogens with zero attached hydrogens (tertiary/aromatic N) is 1. The van der Waals surface area contributed by atoms with Gasteiger partial charge < -0.3 is 26.1 Å². The molecule has 0 atom stereocenters. The molecule has 0 aliphatic rings. The van der Waals surface area contributed by atoms with E-state index in [1.165, 1.54) is 0 Å². The van der Waals surface area contributed by atoms with Crippen LogP contribution in [0.15, 0.2) is 67.0 Å². The van der Waals surface area contributed by atoms with Crippen LogP contribution in [0.1, 0.15) is 27.9 Å². The lowest BCUT2D eigenvalue weighted by molar-refractivity contribution is 0.0954. The van der Waals surface area contributed by atoms with Gasteiger partial charge in [-0.25, -0.2) is 4.98 Å². The number of rotatable bonds is 11. The topological polar surface area (TPSA) is 129 Å². The van der Waals surface area contributed by atoms with Gasteiger partial charge in [0.25, 0.3) is 5.91 Å². The van der Waals surface area contributed by atoms with Crippen molar-refractivity contribution < 1.29 is 9.53 Å². The van der Waals surface area contributed by atoms with Crippen LogP contribution in [-0.4, -0.2) is 48.5 Å². The summed E-state index contributed by atoms with van der Waals surface area (Å²) in [7, 11) is 1.69. The number of nitrogens with one attached hydrogen (secondary N) is 4. The minimum atomic E-state index is -0.112. The molecule has 0 unspecified atom stereocenters. The van der Waals surface area contributed by atoms with Crippen LogP contribution in [0.25, 0.3) is 22.0 Å². The molecule has 2 heterocycles. The van der Waals surface area contributed by atoms with Crippen LogP contribution in [0.2, 0.25) is 0 Å². The van der Waals surface area contributed by atoms with Crippen molar-refractivity contribution >= 4 is 28.5 Å². The van der Waals surface area contributed by atoms with Crippen molar-refractivity contribution in [3.8, 4) is 11.1 Å². The van der Waals surface area contributed by atoms with E-state index in [0.29, 0.717) is 30.7 Å². The van der Waals surface area contributed by atoms with Crippen molar-refractivity contribution in [1.29, 1.82) is 5.41 Å². The molecule has 4 aromatic rings. The number of aromatic nitrogens is 2. The number of methoxy groups -OCH3 is 1. The highest BCUT2D eigenvalue weighted by molar-refractivity contribution is 6.07. The summed E-state index contributed by atoms with van der Waals surface area (Å²) in [5.41, 5.74) is 11.0. The van der Waals surface area contributed by atoms with E-state index in [4.69, 9.17) is 15.9 Å². The first-order chi connectivity index (χ1) is 17.0. The maximum atomic E-state index is 12.6. The highest BCUT2D eigenvalue weighted by atomic mass is 16.5. The fourth-order valence-corrected chi connectivity index (χ4v) is 3.92. The molecule has 0 aliphatic carbocycles. The lowest BCUT2D eigenvalue weighted by Gasteiger charge is -2.09. The number of hydrogen-bond donors (Lipinski definition) is 5. The van der Waals surface area contributed by atoms with Gasteiger partial charge in [-0.05, 0) is 65.9 Å². The number of amides is 1. The molecule has 2 aromatic heterocycles. The molecule has 0 saturated heterocycles. The van der Waals surface area contributed by atoms with E-state index in [1.54, 1.807) is 19.5 Å². The van der Waals surface area contributed by atoms with Gasteiger partial charge in [-0.1, -0.05) is 18.2 Å². The van der Waals surface area contributed by atoms with Crippen LogP contribution in [-0.2, 0) is 11.2 Å². The molecule has 180 valence electrons. The molecule has 0 saturated carbocycles. The minimum Gasteiger partial charge on any atom is -0.385 e. The number of carbonyl (C=O) groups excluding carboxylic acids is 1. The lowest BCUT2D eigenvalue weighted by Crippen LogP contribution is -2.25. The van der Waals surface area contributed by atoms with Crippen molar-refractivity contribution in [3.05, 3.63) is 83.7 Å². The number of hydrogen-bond acceptors (Lipinski definition) is 5. The van der Waals surface area contributed by atoms with E-state index >= 15 is 0 Å². The average molecular weight is 471 g/mol. The van der Waals surface area contributed by atoms with E-state index in [1.807, 2.05) is 54.6 Å². The molecule has 0 aliphatic heterocycles. The molecule has 8 heteroatoms. The molecule has 0 radical (unpaired) electrons. The number of carbonyl (C=O) groups is 1. The third kappa shape index (κ3) is 6.04. The average Bonchev–Trinajstić information content (AvgIpc) is 3.31. The van der Waals surface area contributed by atoms with Gasteiger partial charge in [0.1, 0.15) is 11.7 Å². The molecule has 35 heavy (non-hydrogen) atoms. The van der Waals surface area contributed by atoms with E-state index in [-0.39, 0.29) is 11.7 Å². The predicted octanol–water partition coefficient (Wildman–Crippen LogP) is 3.93. The molecule has 4 rings (SSSR count). The number of aromatic amines is 1. The predicted molar refractivity (Wildman–Crippen MR) is 140 cm³/mol. The highest BCUT2D eigenvalue weighted by Crippen LogP contribution is 2.22. The standard InChI is InChI=1S/C27H30N6O2/c1-35-14-2-11-30-25-16-21(10-13-31-25)19-4-6-20(7-5-19)27(34)32-12-9-18-3-8-24-22(15-18)23(17-33-24)26(28)29/h3-8,10,13,15-17,33H,2,9,11-12,14H2,1H3,(H3,28,29)(H,30,31)(H,32,34). The zero-order valence-electron chi connectivity index (χ0n) is 19.7. The fourth-order valence-electron chi connectivity index (χ4n) is 3.92. The number of H-pyrrole nitrogens is 1. The number of amidine groups is 1. The van der Waals surface area contributed by atoms with Crippen molar-refractivity contribution in [2.75, 3.05) is 32.1 Å². The molecule has 0 fully saturated rings. The molecular weight excluding hydrogens is 440 g/mol. The molecule has 2 aromatic carbocycles. The highest BCUT2D eigenvalue weighted by Gasteiger charge is 2.09. The van der Waals surface area contributed by atoms with Crippen LogP contribution in [0, 0.1) is 5.41 Å². The summed E-state index contributed by atoms with van der Waals surface area (Å²) in [4.78, 5) is 20.1. The maximum absolute atomic E-state index is 12.6. The van der Waals surface area contributed by atoms with Crippen LogP contribution >= 0.6 is 0 Å². The molecule has 6 N–H and O–H groups in total. The second kappa shape index (κ2) is 11.3.